The van der Waals surface area contributed by atoms with Gasteiger partial charge in [0.2, 0.25) is 0 Å². The van der Waals surface area contributed by atoms with Crippen LogP contribution >= 0.6 is 23.2 Å². The van der Waals surface area contributed by atoms with Crippen LogP contribution in [-0.2, 0) is 11.3 Å². The Morgan fingerprint density at radius 2 is 2.15 bits per heavy atom. The number of ether oxygens (including phenoxy) is 1. The number of rotatable bonds is 5. The van der Waals surface area contributed by atoms with Gasteiger partial charge in [0.25, 0.3) is 0 Å². The Bertz CT molecular complexity index is 476. The lowest BCUT2D eigenvalue weighted by atomic mass is 10.2. The summed E-state index contributed by atoms with van der Waals surface area (Å²) >= 11 is 11.8. The monoisotopic (exact) mass is 316 g/mol. The van der Waals surface area contributed by atoms with E-state index in [-0.39, 0.29) is 12.1 Å². The number of nitrogens with one attached hydrogen (secondary N) is 1. The smallest absolute Gasteiger partial charge is 0.317 e. The molecule has 1 N–H and O–H groups in total. The third-order valence-corrected chi connectivity index (χ3v) is 3.87. The van der Waals surface area contributed by atoms with Crippen LogP contribution in [0.4, 0.5) is 4.79 Å². The van der Waals surface area contributed by atoms with Gasteiger partial charge in [-0.1, -0.05) is 36.2 Å². The van der Waals surface area contributed by atoms with Gasteiger partial charge in [-0.3, -0.25) is 0 Å². The summed E-state index contributed by atoms with van der Waals surface area (Å²) in [5.41, 5.74) is 0.980. The zero-order valence-electron chi connectivity index (χ0n) is 11.4. The summed E-state index contributed by atoms with van der Waals surface area (Å²) in [6.07, 6.45) is 1.04. The predicted molar refractivity (Wildman–Crippen MR) is 80.3 cm³/mol. The average Bonchev–Trinajstić information content (AvgIpc) is 2.38. The van der Waals surface area contributed by atoms with Crippen molar-refractivity contribution in [3.8, 4) is 0 Å². The van der Waals surface area contributed by atoms with E-state index in [0.717, 1.165) is 12.0 Å². The molecule has 4 nitrogen and oxygen atoms in total. The second-order valence-electron chi connectivity index (χ2n) is 4.82. The number of amides is 2. The van der Waals surface area contributed by atoms with E-state index in [0.29, 0.717) is 36.3 Å². The standard InChI is InChI=1S/C14H18Cl2N2O2/c1-2-5-17-14(19)18-7-11(8-18)20-9-10-3-4-12(15)13(16)6-10/h3-4,6,11H,2,5,7-9H2,1H3,(H,17,19). The summed E-state index contributed by atoms with van der Waals surface area (Å²) in [4.78, 5) is 13.4. The van der Waals surface area contributed by atoms with Gasteiger partial charge in [-0.2, -0.15) is 0 Å². The summed E-state index contributed by atoms with van der Waals surface area (Å²) in [7, 11) is 0. The van der Waals surface area contributed by atoms with Crippen LogP contribution in [0.2, 0.25) is 10.0 Å². The van der Waals surface area contributed by atoms with Gasteiger partial charge in [0.1, 0.15) is 0 Å². The fraction of sp³-hybridized carbons (Fsp3) is 0.500. The van der Waals surface area contributed by atoms with Crippen molar-refractivity contribution in [1.82, 2.24) is 10.2 Å². The van der Waals surface area contributed by atoms with Crippen LogP contribution in [0.3, 0.4) is 0 Å². The van der Waals surface area contributed by atoms with Crippen molar-refractivity contribution in [2.24, 2.45) is 0 Å². The predicted octanol–water partition coefficient (Wildman–Crippen LogP) is 3.31. The molecule has 20 heavy (non-hydrogen) atoms. The van der Waals surface area contributed by atoms with Crippen molar-refractivity contribution in [2.45, 2.75) is 26.1 Å². The zero-order valence-corrected chi connectivity index (χ0v) is 12.9. The molecule has 0 aromatic heterocycles. The molecule has 0 aliphatic carbocycles. The summed E-state index contributed by atoms with van der Waals surface area (Å²) in [5, 5.41) is 3.91. The van der Waals surface area contributed by atoms with E-state index < -0.39 is 0 Å². The highest BCUT2D eigenvalue weighted by atomic mass is 35.5. The molecule has 0 saturated carbocycles. The minimum atomic E-state index is -0.0127. The van der Waals surface area contributed by atoms with Crippen LogP contribution in [0, 0.1) is 0 Å². The topological polar surface area (TPSA) is 41.6 Å². The number of hydrogen-bond acceptors (Lipinski definition) is 2. The number of urea groups is 1. The van der Waals surface area contributed by atoms with Gasteiger partial charge >= 0.3 is 6.03 Å². The highest BCUT2D eigenvalue weighted by Crippen LogP contribution is 2.23. The zero-order chi connectivity index (χ0) is 14.5. The van der Waals surface area contributed by atoms with Crippen LogP contribution in [0.15, 0.2) is 18.2 Å². The summed E-state index contributed by atoms with van der Waals surface area (Å²) < 4.78 is 5.72. The molecule has 1 saturated heterocycles. The van der Waals surface area contributed by atoms with Crippen LogP contribution in [0.1, 0.15) is 18.9 Å². The highest BCUT2D eigenvalue weighted by molar-refractivity contribution is 6.42. The number of nitrogens with zero attached hydrogens (tertiary/aromatic N) is 1. The van der Waals surface area contributed by atoms with Crippen molar-refractivity contribution in [1.29, 1.82) is 0 Å². The van der Waals surface area contributed by atoms with Crippen LogP contribution < -0.4 is 5.32 Å². The van der Waals surface area contributed by atoms with Crippen LogP contribution in [0.25, 0.3) is 0 Å². The lowest BCUT2D eigenvalue weighted by Gasteiger charge is -2.38. The third-order valence-electron chi connectivity index (χ3n) is 3.13. The quantitative estimate of drug-likeness (QED) is 0.905. The first-order valence-corrected chi connectivity index (χ1v) is 7.44. The van der Waals surface area contributed by atoms with Gasteiger partial charge in [0.15, 0.2) is 0 Å². The molecule has 1 fully saturated rings. The van der Waals surface area contributed by atoms with Crippen molar-refractivity contribution in [3.05, 3.63) is 33.8 Å². The Labute approximate surface area is 129 Å². The summed E-state index contributed by atoms with van der Waals surface area (Å²) in [6.45, 7) is 4.49. The Morgan fingerprint density at radius 3 is 2.80 bits per heavy atom. The van der Waals surface area contributed by atoms with Crippen LogP contribution in [0.5, 0.6) is 0 Å². The molecule has 0 atom stereocenters. The number of carbonyl (C=O) groups is 1. The molecule has 6 heteroatoms. The molecule has 1 aromatic carbocycles. The number of hydrogen-bond donors (Lipinski definition) is 1. The first kappa shape index (κ1) is 15.4. The fourth-order valence-electron chi connectivity index (χ4n) is 1.90. The number of carbonyl (C=O) groups excluding carboxylic acids is 1. The van der Waals surface area contributed by atoms with E-state index in [9.17, 15) is 4.79 Å². The lowest BCUT2D eigenvalue weighted by molar-refractivity contribution is -0.0441. The summed E-state index contributed by atoms with van der Waals surface area (Å²) in [5.74, 6) is 0. The molecule has 1 aromatic rings. The van der Waals surface area contributed by atoms with Gasteiger partial charge in [-0.05, 0) is 24.1 Å². The average molecular weight is 317 g/mol. The molecule has 0 bridgehead atoms. The molecule has 1 aliphatic rings. The molecule has 110 valence electrons. The minimum absolute atomic E-state index is 0.0127. The van der Waals surface area contributed by atoms with E-state index in [1.165, 1.54) is 0 Å². The molecule has 2 amide bonds. The van der Waals surface area contributed by atoms with E-state index in [1.54, 1.807) is 17.0 Å². The van der Waals surface area contributed by atoms with Crippen molar-refractivity contribution in [2.75, 3.05) is 19.6 Å². The molecular weight excluding hydrogens is 299 g/mol. The van der Waals surface area contributed by atoms with Crippen LogP contribution in [-0.4, -0.2) is 36.7 Å². The highest BCUT2D eigenvalue weighted by Gasteiger charge is 2.30. The molecule has 2 rings (SSSR count). The van der Waals surface area contributed by atoms with Gasteiger partial charge in [0, 0.05) is 6.54 Å². The van der Waals surface area contributed by atoms with Gasteiger partial charge in [-0.15, -0.1) is 0 Å². The molecule has 0 spiro atoms. The minimum Gasteiger partial charge on any atom is -0.370 e. The second kappa shape index (κ2) is 7.16. The fourth-order valence-corrected chi connectivity index (χ4v) is 2.22. The number of benzene rings is 1. The largest absolute Gasteiger partial charge is 0.370 e. The Kier molecular flexibility index (Phi) is 5.52. The van der Waals surface area contributed by atoms with E-state index in [2.05, 4.69) is 5.32 Å². The van der Waals surface area contributed by atoms with Crippen molar-refractivity contribution >= 4 is 29.2 Å². The SMILES string of the molecule is CCCNC(=O)N1CC(OCc2ccc(Cl)c(Cl)c2)C1. The van der Waals surface area contributed by atoms with E-state index in [1.807, 2.05) is 13.0 Å². The maximum Gasteiger partial charge on any atom is 0.317 e. The first-order valence-electron chi connectivity index (χ1n) is 6.68. The summed E-state index contributed by atoms with van der Waals surface area (Å²) in [6, 6.07) is 5.43. The van der Waals surface area contributed by atoms with E-state index >= 15 is 0 Å². The number of halogens is 2. The molecule has 1 aliphatic heterocycles. The van der Waals surface area contributed by atoms with Gasteiger partial charge < -0.3 is 15.0 Å². The maximum atomic E-state index is 11.6. The molecule has 1 heterocycles. The van der Waals surface area contributed by atoms with Crippen molar-refractivity contribution in [3.63, 3.8) is 0 Å². The molecule has 0 radical (unpaired) electrons. The second-order valence-corrected chi connectivity index (χ2v) is 5.63. The van der Waals surface area contributed by atoms with Gasteiger partial charge in [0.05, 0.1) is 35.8 Å². The van der Waals surface area contributed by atoms with E-state index in [4.69, 9.17) is 27.9 Å². The third kappa shape index (κ3) is 4.01. The van der Waals surface area contributed by atoms with Gasteiger partial charge in [-0.25, -0.2) is 4.79 Å². The first-order chi connectivity index (χ1) is 9.60. The maximum absolute atomic E-state index is 11.6. The lowest BCUT2D eigenvalue weighted by Crippen LogP contribution is -2.57. The number of likely N-dealkylation sites (tertiary alicyclic amines) is 1. The Balaban J connectivity index is 1.70. The Hall–Kier alpha value is -0.970. The molecular formula is C14H18Cl2N2O2. The Morgan fingerprint density at radius 1 is 1.40 bits per heavy atom. The normalized spacial score (nSPS) is 15.1. The molecule has 0 unspecified atom stereocenters. The van der Waals surface area contributed by atoms with Crippen molar-refractivity contribution < 1.29 is 9.53 Å².